The highest BCUT2D eigenvalue weighted by molar-refractivity contribution is 7.98. The second kappa shape index (κ2) is 8.85. The molecule has 0 amide bonds. The van der Waals surface area contributed by atoms with Gasteiger partial charge in [0, 0.05) is 28.7 Å². The minimum Gasteiger partial charge on any atom is -0.399 e. The molecule has 0 unspecified atom stereocenters. The lowest BCUT2D eigenvalue weighted by molar-refractivity contribution is 0.591. The zero-order chi connectivity index (χ0) is 26.1. The lowest BCUT2D eigenvalue weighted by Crippen LogP contribution is -2.13. The van der Waals surface area contributed by atoms with E-state index in [2.05, 4.69) is 96.1 Å². The van der Waals surface area contributed by atoms with E-state index in [0.29, 0.717) is 0 Å². The molecule has 0 radical (unpaired) electrons. The van der Waals surface area contributed by atoms with Crippen LogP contribution < -0.4 is 5.73 Å². The van der Waals surface area contributed by atoms with Crippen LogP contribution in [0.2, 0.25) is 0 Å². The molecular formula is C34H37NS2. The van der Waals surface area contributed by atoms with Crippen molar-refractivity contribution < 1.29 is 0 Å². The van der Waals surface area contributed by atoms with Crippen molar-refractivity contribution in [2.45, 2.75) is 75.4 Å². The van der Waals surface area contributed by atoms with Crippen molar-refractivity contribution in [2.75, 3.05) is 5.73 Å². The van der Waals surface area contributed by atoms with E-state index in [0.717, 1.165) is 28.7 Å². The predicted octanol–water partition coefficient (Wildman–Crippen LogP) is 9.94. The standard InChI is InChI=1S/C34H37NS2/c1-33(2,3)26-14-23-13-25-19-37-17-21-9-20(10-27(35)11-21)16-36-18-24-12-22-7-8-29(34(4,5)6)31(25)32(22)30(23)28(24)15-26/h7-15H,16-19,35H2,1-6H3. The summed E-state index contributed by atoms with van der Waals surface area (Å²) in [5.41, 5.74) is 15.8. The first-order valence-electron chi connectivity index (χ1n) is 13.3. The van der Waals surface area contributed by atoms with Crippen LogP contribution in [0.4, 0.5) is 5.69 Å². The molecule has 190 valence electrons. The third kappa shape index (κ3) is 4.49. The second-order valence-electron chi connectivity index (χ2n) is 12.8. The Kier molecular flexibility index (Phi) is 5.97. The summed E-state index contributed by atoms with van der Waals surface area (Å²) in [4.78, 5) is 0. The molecule has 0 fully saturated rings. The summed E-state index contributed by atoms with van der Waals surface area (Å²) in [5.74, 6) is 3.93. The van der Waals surface area contributed by atoms with Gasteiger partial charge in [-0.05, 0) is 101 Å². The molecule has 10 bridgehead atoms. The number of nitrogens with two attached hydrogens (primary N) is 1. The van der Waals surface area contributed by atoms with Crippen molar-refractivity contribution in [3.8, 4) is 0 Å². The molecule has 8 rings (SSSR count). The van der Waals surface area contributed by atoms with Crippen molar-refractivity contribution in [3.63, 3.8) is 0 Å². The predicted molar refractivity (Wildman–Crippen MR) is 168 cm³/mol. The second-order valence-corrected chi connectivity index (χ2v) is 14.8. The maximum absolute atomic E-state index is 6.33. The van der Waals surface area contributed by atoms with Crippen molar-refractivity contribution in [1.29, 1.82) is 0 Å². The fourth-order valence-corrected chi connectivity index (χ4v) is 7.90. The van der Waals surface area contributed by atoms with Crippen molar-refractivity contribution in [3.05, 3.63) is 88.0 Å². The molecule has 2 N–H and O–H groups in total. The Morgan fingerprint density at radius 3 is 1.89 bits per heavy atom. The van der Waals surface area contributed by atoms with Gasteiger partial charge in [-0.15, -0.1) is 0 Å². The third-order valence-corrected chi connectivity index (χ3v) is 9.89. The summed E-state index contributed by atoms with van der Waals surface area (Å²) in [6.07, 6.45) is 0. The van der Waals surface area contributed by atoms with Crippen LogP contribution in [0.25, 0.3) is 32.3 Å². The van der Waals surface area contributed by atoms with Crippen LogP contribution in [0, 0.1) is 0 Å². The first-order valence-corrected chi connectivity index (χ1v) is 15.6. The van der Waals surface area contributed by atoms with Gasteiger partial charge in [-0.25, -0.2) is 0 Å². The van der Waals surface area contributed by atoms with Gasteiger partial charge in [-0.3, -0.25) is 0 Å². The van der Waals surface area contributed by atoms with Gasteiger partial charge in [0.1, 0.15) is 0 Å². The Hall–Kier alpha value is -2.36. The summed E-state index contributed by atoms with van der Waals surface area (Å²) in [6.45, 7) is 14.1. The number of rotatable bonds is 0. The van der Waals surface area contributed by atoms with E-state index < -0.39 is 0 Å². The van der Waals surface area contributed by atoms with Crippen LogP contribution in [0.3, 0.4) is 0 Å². The molecule has 37 heavy (non-hydrogen) atoms. The molecule has 0 aromatic heterocycles. The van der Waals surface area contributed by atoms with Crippen LogP contribution in [-0.2, 0) is 33.8 Å². The van der Waals surface area contributed by atoms with Crippen LogP contribution in [-0.4, -0.2) is 0 Å². The lowest BCUT2D eigenvalue weighted by atomic mass is 9.78. The molecule has 0 spiro atoms. The van der Waals surface area contributed by atoms with Crippen LogP contribution >= 0.6 is 23.5 Å². The van der Waals surface area contributed by atoms with Crippen LogP contribution in [0.1, 0.15) is 74.9 Å². The largest absolute Gasteiger partial charge is 0.399 e. The molecule has 3 heteroatoms. The van der Waals surface area contributed by atoms with E-state index in [-0.39, 0.29) is 10.8 Å². The fourth-order valence-electron chi connectivity index (χ4n) is 5.98. The van der Waals surface area contributed by atoms with E-state index in [9.17, 15) is 0 Å². The molecule has 5 aromatic rings. The number of hydrogen-bond acceptors (Lipinski definition) is 3. The molecule has 5 aromatic carbocycles. The Balaban J connectivity index is 1.71. The maximum atomic E-state index is 6.33. The molecule has 0 saturated heterocycles. The van der Waals surface area contributed by atoms with E-state index in [1.807, 2.05) is 23.5 Å². The van der Waals surface area contributed by atoms with Crippen LogP contribution in [0.15, 0.2) is 54.6 Å². The topological polar surface area (TPSA) is 26.0 Å². The zero-order valence-corrected chi connectivity index (χ0v) is 24.6. The van der Waals surface area contributed by atoms with Gasteiger partial charge in [0.15, 0.2) is 0 Å². The number of nitrogen functional groups attached to an aromatic ring is 1. The van der Waals surface area contributed by atoms with Gasteiger partial charge in [0.05, 0.1) is 0 Å². The monoisotopic (exact) mass is 523 g/mol. The smallest absolute Gasteiger partial charge is 0.0320 e. The molecule has 3 heterocycles. The highest BCUT2D eigenvalue weighted by Gasteiger charge is 2.25. The van der Waals surface area contributed by atoms with Gasteiger partial charge < -0.3 is 5.73 Å². The fraction of sp³-hybridized carbons (Fsp3) is 0.353. The summed E-state index contributed by atoms with van der Waals surface area (Å²) in [7, 11) is 0. The van der Waals surface area contributed by atoms with Gasteiger partial charge >= 0.3 is 0 Å². The molecule has 0 saturated carbocycles. The summed E-state index contributed by atoms with van der Waals surface area (Å²) in [6, 6.07) is 21.4. The average molecular weight is 524 g/mol. The molecule has 0 atom stereocenters. The quantitative estimate of drug-likeness (QED) is 0.161. The third-order valence-electron chi connectivity index (χ3n) is 7.78. The average Bonchev–Trinajstić information content (AvgIpc) is 2.81. The highest BCUT2D eigenvalue weighted by atomic mass is 32.2. The first-order chi connectivity index (χ1) is 17.5. The van der Waals surface area contributed by atoms with Crippen LogP contribution in [0.5, 0.6) is 0 Å². The van der Waals surface area contributed by atoms with E-state index in [1.54, 1.807) is 0 Å². The Labute approximate surface area is 229 Å². The minimum absolute atomic E-state index is 0.0721. The molecule has 1 nitrogen and oxygen atoms in total. The maximum Gasteiger partial charge on any atom is 0.0320 e. The molecular weight excluding hydrogens is 487 g/mol. The van der Waals surface area contributed by atoms with E-state index >= 15 is 0 Å². The van der Waals surface area contributed by atoms with Gasteiger partial charge in [0.25, 0.3) is 0 Å². The normalized spacial score (nSPS) is 15.3. The van der Waals surface area contributed by atoms with Crippen molar-refractivity contribution >= 4 is 61.5 Å². The summed E-state index contributed by atoms with van der Waals surface area (Å²) < 4.78 is 0. The van der Waals surface area contributed by atoms with Crippen molar-refractivity contribution in [1.82, 2.24) is 0 Å². The molecule has 3 aliphatic heterocycles. The molecule has 0 aliphatic carbocycles. The van der Waals surface area contributed by atoms with Gasteiger partial charge in [-0.1, -0.05) is 71.9 Å². The van der Waals surface area contributed by atoms with E-state index in [1.165, 1.54) is 65.7 Å². The Morgan fingerprint density at radius 2 is 1.24 bits per heavy atom. The van der Waals surface area contributed by atoms with Gasteiger partial charge in [-0.2, -0.15) is 23.5 Å². The summed E-state index contributed by atoms with van der Waals surface area (Å²) >= 11 is 4.01. The number of hydrogen-bond donors (Lipinski definition) is 1. The van der Waals surface area contributed by atoms with E-state index in [4.69, 9.17) is 5.73 Å². The number of benzene rings is 5. The van der Waals surface area contributed by atoms with Gasteiger partial charge in [0.2, 0.25) is 0 Å². The number of thioether (sulfide) groups is 2. The first kappa shape index (κ1) is 24.9. The summed E-state index contributed by atoms with van der Waals surface area (Å²) in [5, 5.41) is 8.60. The number of anilines is 1. The molecule has 3 aliphatic rings. The Bertz CT molecular complexity index is 1650. The SMILES string of the molecule is CC(C)(C)c1cc2cc3c4c(C(C)(C)C)ccc5cc(c(c1)c2c54)CSCc1cc(N)cc(c1)CSC3. The Morgan fingerprint density at radius 1 is 0.595 bits per heavy atom. The minimum atomic E-state index is 0.0721. The zero-order valence-electron chi connectivity index (χ0n) is 22.9. The lowest BCUT2D eigenvalue weighted by Gasteiger charge is -2.27. The van der Waals surface area contributed by atoms with Crippen molar-refractivity contribution in [2.24, 2.45) is 0 Å². The highest BCUT2D eigenvalue weighted by Crippen LogP contribution is 2.45.